The SMILES string of the molecule is CC(C)(C1CC1)[C@H](NC(=O)OCC1c2ccccc2-c2ccccc21)C(=O)O. The molecule has 2 aliphatic carbocycles. The molecule has 0 unspecified atom stereocenters. The number of hydrogen-bond acceptors (Lipinski definition) is 3. The van der Waals surface area contributed by atoms with Crippen LogP contribution in [0.25, 0.3) is 11.1 Å². The standard InChI is InChI=1S/C23H25NO4/c1-23(2,14-11-12-14)20(21(25)26)24-22(27)28-13-19-17-9-5-3-7-15(17)16-8-4-6-10-18(16)19/h3-10,14,19-20H,11-13H2,1-2H3,(H,24,27)(H,25,26)/t20-/m1/s1. The van der Waals surface area contributed by atoms with Gasteiger partial charge in [-0.3, -0.25) is 0 Å². The maximum Gasteiger partial charge on any atom is 0.407 e. The highest BCUT2D eigenvalue weighted by atomic mass is 16.5. The smallest absolute Gasteiger partial charge is 0.407 e. The summed E-state index contributed by atoms with van der Waals surface area (Å²) >= 11 is 0. The van der Waals surface area contributed by atoms with Crippen LogP contribution in [0.5, 0.6) is 0 Å². The van der Waals surface area contributed by atoms with Gasteiger partial charge in [-0.05, 0) is 46.4 Å². The Morgan fingerprint density at radius 2 is 1.61 bits per heavy atom. The molecule has 146 valence electrons. The van der Waals surface area contributed by atoms with Gasteiger partial charge in [0.25, 0.3) is 0 Å². The number of ether oxygens (including phenoxy) is 1. The van der Waals surface area contributed by atoms with Crippen LogP contribution < -0.4 is 5.32 Å². The van der Waals surface area contributed by atoms with Crippen LogP contribution in [-0.4, -0.2) is 29.8 Å². The summed E-state index contributed by atoms with van der Waals surface area (Å²) in [5.41, 5.74) is 4.07. The van der Waals surface area contributed by atoms with Gasteiger partial charge in [0.05, 0.1) is 0 Å². The van der Waals surface area contributed by atoms with Crippen LogP contribution in [-0.2, 0) is 9.53 Å². The summed E-state index contributed by atoms with van der Waals surface area (Å²) in [7, 11) is 0. The molecule has 1 saturated carbocycles. The Labute approximate surface area is 164 Å². The van der Waals surface area contributed by atoms with Gasteiger partial charge in [-0.15, -0.1) is 0 Å². The summed E-state index contributed by atoms with van der Waals surface area (Å²) in [6, 6.07) is 15.3. The summed E-state index contributed by atoms with van der Waals surface area (Å²) in [6.07, 6.45) is 1.33. The van der Waals surface area contributed by atoms with E-state index in [4.69, 9.17) is 4.74 Å². The van der Waals surface area contributed by atoms with Crippen molar-refractivity contribution in [2.45, 2.75) is 38.6 Å². The minimum atomic E-state index is -1.02. The fourth-order valence-corrected chi connectivity index (χ4v) is 4.39. The van der Waals surface area contributed by atoms with Gasteiger partial charge in [0.1, 0.15) is 12.6 Å². The molecule has 1 fully saturated rings. The summed E-state index contributed by atoms with van der Waals surface area (Å²) in [4.78, 5) is 24.2. The van der Waals surface area contributed by atoms with Crippen LogP contribution in [0.2, 0.25) is 0 Å². The monoisotopic (exact) mass is 379 g/mol. The number of hydrogen-bond donors (Lipinski definition) is 2. The van der Waals surface area contributed by atoms with E-state index in [1.165, 1.54) is 0 Å². The molecule has 2 aliphatic rings. The zero-order valence-corrected chi connectivity index (χ0v) is 16.1. The van der Waals surface area contributed by atoms with E-state index in [9.17, 15) is 14.7 Å². The first-order chi connectivity index (χ1) is 13.4. The lowest BCUT2D eigenvalue weighted by molar-refractivity contribution is -0.142. The van der Waals surface area contributed by atoms with Crippen LogP contribution in [0, 0.1) is 11.3 Å². The number of carboxylic acid groups (broad SMARTS) is 1. The second kappa shape index (κ2) is 6.97. The third-order valence-electron chi connectivity index (χ3n) is 6.23. The van der Waals surface area contributed by atoms with E-state index in [0.29, 0.717) is 5.92 Å². The second-order valence-corrected chi connectivity index (χ2v) is 8.34. The fourth-order valence-electron chi connectivity index (χ4n) is 4.39. The number of alkyl carbamates (subject to hydrolysis) is 1. The Bertz CT molecular complexity index is 871. The van der Waals surface area contributed by atoms with Gasteiger partial charge in [0.2, 0.25) is 0 Å². The van der Waals surface area contributed by atoms with Crippen LogP contribution in [0.15, 0.2) is 48.5 Å². The molecular formula is C23H25NO4. The topological polar surface area (TPSA) is 75.6 Å². The van der Waals surface area contributed by atoms with Crippen LogP contribution in [0.4, 0.5) is 4.79 Å². The highest BCUT2D eigenvalue weighted by Crippen LogP contribution is 2.47. The molecule has 5 heteroatoms. The Morgan fingerprint density at radius 3 is 2.11 bits per heavy atom. The molecule has 28 heavy (non-hydrogen) atoms. The molecule has 2 aromatic rings. The molecule has 0 aromatic heterocycles. The van der Waals surface area contributed by atoms with Crippen molar-refractivity contribution in [2.24, 2.45) is 11.3 Å². The number of rotatable bonds is 6. The molecular weight excluding hydrogens is 354 g/mol. The minimum Gasteiger partial charge on any atom is -0.480 e. The largest absolute Gasteiger partial charge is 0.480 e. The lowest BCUT2D eigenvalue weighted by atomic mass is 9.79. The maximum atomic E-state index is 12.4. The van der Waals surface area contributed by atoms with Crippen LogP contribution >= 0.6 is 0 Å². The number of carboxylic acids is 1. The van der Waals surface area contributed by atoms with Gasteiger partial charge in [0.15, 0.2) is 0 Å². The molecule has 1 amide bonds. The summed E-state index contributed by atoms with van der Waals surface area (Å²) < 4.78 is 5.50. The zero-order valence-electron chi connectivity index (χ0n) is 16.1. The highest BCUT2D eigenvalue weighted by Gasteiger charge is 2.47. The van der Waals surface area contributed by atoms with Crippen molar-refractivity contribution < 1.29 is 19.4 Å². The van der Waals surface area contributed by atoms with E-state index in [-0.39, 0.29) is 12.5 Å². The number of benzene rings is 2. The molecule has 1 atom stereocenters. The fraction of sp³-hybridized carbons (Fsp3) is 0.391. The number of carbonyl (C=O) groups is 2. The highest BCUT2D eigenvalue weighted by molar-refractivity contribution is 5.81. The average Bonchev–Trinajstić information content (AvgIpc) is 3.48. The lowest BCUT2D eigenvalue weighted by Gasteiger charge is -2.31. The second-order valence-electron chi connectivity index (χ2n) is 8.34. The third-order valence-corrected chi connectivity index (χ3v) is 6.23. The number of amides is 1. The van der Waals surface area contributed by atoms with Crippen molar-refractivity contribution in [3.63, 3.8) is 0 Å². The molecule has 0 aliphatic heterocycles. The van der Waals surface area contributed by atoms with E-state index in [1.54, 1.807) is 0 Å². The zero-order chi connectivity index (χ0) is 19.9. The van der Waals surface area contributed by atoms with E-state index < -0.39 is 23.5 Å². The van der Waals surface area contributed by atoms with Gasteiger partial charge in [-0.25, -0.2) is 9.59 Å². The van der Waals surface area contributed by atoms with Crippen LogP contribution in [0.1, 0.15) is 43.7 Å². The molecule has 0 spiro atoms. The van der Waals surface area contributed by atoms with Crippen LogP contribution in [0.3, 0.4) is 0 Å². The Hall–Kier alpha value is -2.82. The Kier molecular flexibility index (Phi) is 4.61. The third kappa shape index (κ3) is 3.26. The first kappa shape index (κ1) is 18.5. The number of aliphatic carboxylic acids is 1. The van der Waals surface area contributed by atoms with Crippen molar-refractivity contribution >= 4 is 12.1 Å². The summed E-state index contributed by atoms with van der Waals surface area (Å²) in [6.45, 7) is 3.97. The molecule has 2 N–H and O–H groups in total. The van der Waals surface area contributed by atoms with E-state index in [1.807, 2.05) is 38.1 Å². The van der Waals surface area contributed by atoms with Gasteiger partial charge < -0.3 is 15.2 Å². The quantitative estimate of drug-likeness (QED) is 0.779. The molecule has 0 radical (unpaired) electrons. The van der Waals surface area contributed by atoms with Gasteiger partial charge >= 0.3 is 12.1 Å². The Balaban J connectivity index is 1.47. The average molecular weight is 379 g/mol. The first-order valence-corrected chi connectivity index (χ1v) is 9.74. The first-order valence-electron chi connectivity index (χ1n) is 9.74. The number of carbonyl (C=O) groups excluding carboxylic acids is 1. The molecule has 0 bridgehead atoms. The van der Waals surface area contributed by atoms with Crippen molar-refractivity contribution in [3.8, 4) is 11.1 Å². The van der Waals surface area contributed by atoms with Crippen molar-refractivity contribution in [2.75, 3.05) is 6.61 Å². The maximum absolute atomic E-state index is 12.4. The summed E-state index contributed by atoms with van der Waals surface area (Å²) in [5.74, 6) is -0.745. The van der Waals surface area contributed by atoms with Crippen molar-refractivity contribution in [3.05, 3.63) is 59.7 Å². The predicted octanol–water partition coefficient (Wildman–Crippen LogP) is 4.41. The Morgan fingerprint density at radius 1 is 1.07 bits per heavy atom. The van der Waals surface area contributed by atoms with E-state index in [0.717, 1.165) is 35.1 Å². The molecule has 0 heterocycles. The van der Waals surface area contributed by atoms with Gasteiger partial charge in [-0.1, -0.05) is 62.4 Å². The molecule has 2 aromatic carbocycles. The molecule has 4 rings (SSSR count). The predicted molar refractivity (Wildman–Crippen MR) is 106 cm³/mol. The normalized spacial score (nSPS) is 16.8. The minimum absolute atomic E-state index is 0.0436. The van der Waals surface area contributed by atoms with Crippen molar-refractivity contribution in [1.82, 2.24) is 5.32 Å². The molecule has 5 nitrogen and oxygen atoms in total. The van der Waals surface area contributed by atoms with E-state index >= 15 is 0 Å². The van der Waals surface area contributed by atoms with E-state index in [2.05, 4.69) is 29.6 Å². The summed E-state index contributed by atoms with van der Waals surface area (Å²) in [5, 5.41) is 12.2. The number of nitrogens with one attached hydrogen (secondary N) is 1. The number of fused-ring (bicyclic) bond motifs is 3. The van der Waals surface area contributed by atoms with Gasteiger partial charge in [-0.2, -0.15) is 0 Å². The lowest BCUT2D eigenvalue weighted by Crippen LogP contribution is -2.51. The van der Waals surface area contributed by atoms with Gasteiger partial charge in [0, 0.05) is 5.92 Å². The van der Waals surface area contributed by atoms with Crippen molar-refractivity contribution in [1.29, 1.82) is 0 Å². The molecule has 0 saturated heterocycles.